The van der Waals surface area contributed by atoms with Gasteiger partial charge in [0, 0.05) is 11.1 Å². The first-order chi connectivity index (χ1) is 25.1. The standard InChI is InChI=1S/C38H48N4O10/c1-6-8-10-15-29(31(7-2)42(24-43)51-22-26-13-11-9-12-14-26)35(45)39-23-40-37(47)33-19-18-32(52-33)27-16-17-28(25(3)20-27)36(46)41-30(38(48)50-5)21-34(44)49-4/h9,11-14,16-20,24,29-31H,6-8,10,15,21-23H2,1-5H3,(H,39,45)(H,40,47)(H,41,46). The monoisotopic (exact) mass is 720 g/mol. The van der Waals surface area contributed by atoms with Crippen LogP contribution in [0.5, 0.6) is 0 Å². The summed E-state index contributed by atoms with van der Waals surface area (Å²) in [6.07, 6.45) is 3.89. The van der Waals surface area contributed by atoms with Gasteiger partial charge in [0.05, 0.1) is 39.3 Å². The lowest BCUT2D eigenvalue weighted by Gasteiger charge is -2.32. The Bertz CT molecular complexity index is 1660. The normalized spacial score (nSPS) is 12.5. The molecule has 14 nitrogen and oxygen atoms in total. The van der Waals surface area contributed by atoms with Crippen molar-refractivity contribution in [2.75, 3.05) is 20.9 Å². The second-order valence-corrected chi connectivity index (χ2v) is 12.0. The number of hydroxylamine groups is 2. The molecule has 0 radical (unpaired) electrons. The van der Waals surface area contributed by atoms with Crippen molar-refractivity contribution in [2.45, 2.75) is 78.0 Å². The molecule has 0 aliphatic heterocycles. The summed E-state index contributed by atoms with van der Waals surface area (Å²) in [5, 5.41) is 9.14. The zero-order valence-electron chi connectivity index (χ0n) is 30.3. The summed E-state index contributed by atoms with van der Waals surface area (Å²) in [6.45, 7) is 5.65. The molecule has 1 aromatic heterocycles. The number of hydrogen-bond donors (Lipinski definition) is 3. The number of carbonyl (C=O) groups is 6. The van der Waals surface area contributed by atoms with E-state index in [9.17, 15) is 28.8 Å². The second kappa shape index (κ2) is 21.0. The predicted molar refractivity (Wildman–Crippen MR) is 190 cm³/mol. The van der Waals surface area contributed by atoms with Gasteiger partial charge >= 0.3 is 11.9 Å². The SMILES string of the molecule is CCCCCC(C(=O)NCNC(=O)c1ccc(-c2ccc(C(=O)NC(CC(=O)OC)C(=O)OC)c(C)c2)o1)C(CC)N(C=O)OCc1ccccc1. The Kier molecular flexibility index (Phi) is 16.5. The first-order valence-corrected chi connectivity index (χ1v) is 17.2. The van der Waals surface area contributed by atoms with Crippen molar-refractivity contribution >= 4 is 36.1 Å². The minimum atomic E-state index is -1.23. The number of rotatable bonds is 21. The van der Waals surface area contributed by atoms with Crippen LogP contribution in [0.15, 0.2) is 65.1 Å². The van der Waals surface area contributed by atoms with Gasteiger partial charge in [-0.15, -0.1) is 0 Å². The number of esters is 2. The average Bonchev–Trinajstić information content (AvgIpc) is 3.66. The second-order valence-electron chi connectivity index (χ2n) is 12.0. The molecule has 0 aliphatic rings. The molecule has 3 N–H and O–H groups in total. The van der Waals surface area contributed by atoms with Crippen LogP contribution in [0, 0.1) is 12.8 Å². The summed E-state index contributed by atoms with van der Waals surface area (Å²) >= 11 is 0. The number of benzene rings is 2. The zero-order chi connectivity index (χ0) is 38.0. The van der Waals surface area contributed by atoms with E-state index in [1.165, 1.54) is 24.3 Å². The van der Waals surface area contributed by atoms with E-state index in [4.69, 9.17) is 14.0 Å². The van der Waals surface area contributed by atoms with Gasteiger partial charge in [0.25, 0.3) is 11.8 Å². The van der Waals surface area contributed by atoms with E-state index in [0.29, 0.717) is 36.1 Å². The van der Waals surface area contributed by atoms with Crippen LogP contribution in [-0.2, 0) is 40.1 Å². The van der Waals surface area contributed by atoms with Crippen molar-refractivity contribution in [1.82, 2.24) is 21.0 Å². The Balaban J connectivity index is 1.62. The molecule has 0 saturated heterocycles. The van der Waals surface area contributed by atoms with Crippen LogP contribution in [0.1, 0.15) is 84.4 Å². The molecular formula is C38H48N4O10. The molecule has 4 amide bonds. The smallest absolute Gasteiger partial charge is 0.328 e. The Labute approximate surface area is 303 Å². The third-order valence-corrected chi connectivity index (χ3v) is 8.48. The van der Waals surface area contributed by atoms with Crippen molar-refractivity contribution in [2.24, 2.45) is 5.92 Å². The van der Waals surface area contributed by atoms with Crippen molar-refractivity contribution in [3.8, 4) is 11.3 Å². The fourth-order valence-corrected chi connectivity index (χ4v) is 5.62. The molecule has 14 heteroatoms. The molecule has 3 rings (SSSR count). The lowest BCUT2D eigenvalue weighted by atomic mass is 9.90. The van der Waals surface area contributed by atoms with E-state index in [1.807, 2.05) is 37.3 Å². The highest BCUT2D eigenvalue weighted by atomic mass is 16.7. The van der Waals surface area contributed by atoms with Gasteiger partial charge in [-0.25, -0.2) is 9.86 Å². The van der Waals surface area contributed by atoms with E-state index >= 15 is 0 Å². The van der Waals surface area contributed by atoms with Crippen molar-refractivity contribution in [3.63, 3.8) is 0 Å². The average molecular weight is 721 g/mol. The van der Waals surface area contributed by atoms with E-state index in [-0.39, 0.29) is 30.5 Å². The van der Waals surface area contributed by atoms with Gasteiger partial charge in [0.2, 0.25) is 12.3 Å². The lowest BCUT2D eigenvalue weighted by Crippen LogP contribution is -2.48. The third kappa shape index (κ3) is 11.8. The van der Waals surface area contributed by atoms with Gasteiger partial charge < -0.3 is 29.8 Å². The number of amides is 4. The first kappa shape index (κ1) is 40.9. The third-order valence-electron chi connectivity index (χ3n) is 8.48. The Hall–Kier alpha value is -5.50. The maximum atomic E-state index is 13.5. The van der Waals surface area contributed by atoms with Gasteiger partial charge in [0.15, 0.2) is 5.76 Å². The molecule has 3 aromatic rings. The van der Waals surface area contributed by atoms with Gasteiger partial charge in [0.1, 0.15) is 18.4 Å². The lowest BCUT2D eigenvalue weighted by molar-refractivity contribution is -0.200. The predicted octanol–water partition coefficient (Wildman–Crippen LogP) is 4.46. The molecule has 3 atom stereocenters. The van der Waals surface area contributed by atoms with Crippen molar-refractivity contribution in [3.05, 3.63) is 83.1 Å². The number of aryl methyl sites for hydroxylation is 1. The van der Waals surface area contributed by atoms with E-state index in [0.717, 1.165) is 31.9 Å². The fraction of sp³-hybridized carbons (Fsp3) is 0.421. The summed E-state index contributed by atoms with van der Waals surface area (Å²) in [5.41, 5.74) is 2.26. The quantitative estimate of drug-likeness (QED) is 0.0467. The summed E-state index contributed by atoms with van der Waals surface area (Å²) in [4.78, 5) is 81.1. The molecule has 0 saturated carbocycles. The highest BCUT2D eigenvalue weighted by Crippen LogP contribution is 2.25. The number of furan rings is 1. The van der Waals surface area contributed by atoms with Crippen LogP contribution in [0.3, 0.4) is 0 Å². The van der Waals surface area contributed by atoms with Crippen LogP contribution >= 0.6 is 0 Å². The first-order valence-electron chi connectivity index (χ1n) is 17.2. The number of ether oxygens (including phenoxy) is 2. The van der Waals surface area contributed by atoms with Crippen molar-refractivity contribution in [1.29, 1.82) is 0 Å². The Morgan fingerprint density at radius 2 is 1.65 bits per heavy atom. The zero-order valence-corrected chi connectivity index (χ0v) is 30.3. The summed E-state index contributed by atoms with van der Waals surface area (Å²) in [5.74, 6) is -3.17. The minimum Gasteiger partial charge on any atom is -0.469 e. The number of unbranched alkanes of at least 4 members (excludes halogenated alkanes) is 2. The molecule has 0 fully saturated rings. The highest BCUT2D eigenvalue weighted by Gasteiger charge is 2.32. The number of carbonyl (C=O) groups excluding carboxylic acids is 6. The topological polar surface area (TPSA) is 183 Å². The van der Waals surface area contributed by atoms with E-state index in [1.54, 1.807) is 25.1 Å². The van der Waals surface area contributed by atoms with Crippen molar-refractivity contribution < 1.29 is 47.5 Å². The minimum absolute atomic E-state index is 0.000163. The van der Waals surface area contributed by atoms with Crippen LogP contribution in [0.4, 0.5) is 0 Å². The van der Waals surface area contributed by atoms with Gasteiger partial charge in [-0.1, -0.05) is 69.5 Å². The number of nitrogens with zero attached hydrogens (tertiary/aromatic N) is 1. The molecule has 52 heavy (non-hydrogen) atoms. The molecule has 3 unspecified atom stereocenters. The Morgan fingerprint density at radius 3 is 2.29 bits per heavy atom. The van der Waals surface area contributed by atoms with E-state index < -0.39 is 48.2 Å². The molecule has 0 aliphatic carbocycles. The largest absolute Gasteiger partial charge is 0.469 e. The molecule has 2 aromatic carbocycles. The number of methoxy groups -OCH3 is 2. The van der Waals surface area contributed by atoms with Crippen LogP contribution in [0.2, 0.25) is 0 Å². The van der Waals surface area contributed by atoms with E-state index in [2.05, 4.69) is 27.6 Å². The summed E-state index contributed by atoms with van der Waals surface area (Å²) in [6, 6.07) is 15.6. The maximum absolute atomic E-state index is 13.5. The number of nitrogens with one attached hydrogen (secondary N) is 3. The van der Waals surface area contributed by atoms with Gasteiger partial charge in [-0.2, -0.15) is 0 Å². The molecule has 0 bridgehead atoms. The van der Waals surface area contributed by atoms with Gasteiger partial charge in [-0.3, -0.25) is 28.8 Å². The molecular weight excluding hydrogens is 672 g/mol. The maximum Gasteiger partial charge on any atom is 0.328 e. The van der Waals surface area contributed by atoms with Gasteiger partial charge in [-0.05, 0) is 55.2 Å². The summed E-state index contributed by atoms with van der Waals surface area (Å²) in [7, 11) is 2.32. The molecule has 0 spiro atoms. The fourth-order valence-electron chi connectivity index (χ4n) is 5.62. The van der Waals surface area contributed by atoms with Crippen LogP contribution in [0.25, 0.3) is 11.3 Å². The molecule has 280 valence electrons. The summed E-state index contributed by atoms with van der Waals surface area (Å²) < 4.78 is 15.1. The Morgan fingerprint density at radius 1 is 0.904 bits per heavy atom. The number of hydrogen-bond acceptors (Lipinski definition) is 10. The highest BCUT2D eigenvalue weighted by molar-refractivity contribution is 5.99. The van der Waals surface area contributed by atoms with Crippen LogP contribution in [-0.4, -0.2) is 74.1 Å². The van der Waals surface area contributed by atoms with Crippen LogP contribution < -0.4 is 16.0 Å². The molecule has 1 heterocycles.